The minimum absolute atomic E-state index is 0.117. The lowest BCUT2D eigenvalue weighted by Crippen LogP contribution is -2.44. The van der Waals surface area contributed by atoms with Crippen molar-refractivity contribution in [2.75, 3.05) is 19.8 Å². The summed E-state index contributed by atoms with van der Waals surface area (Å²) in [6.07, 6.45) is 3.60. The van der Waals surface area contributed by atoms with Crippen molar-refractivity contribution in [3.8, 4) is 5.75 Å². The Morgan fingerprint density at radius 1 is 1.40 bits per heavy atom. The molecule has 108 valence electrons. The Balaban J connectivity index is 1.69. The molecule has 2 aliphatic rings. The summed E-state index contributed by atoms with van der Waals surface area (Å²) in [5.74, 6) is 0.733. The van der Waals surface area contributed by atoms with Crippen LogP contribution in [-0.2, 0) is 9.47 Å². The van der Waals surface area contributed by atoms with Crippen LogP contribution in [0.15, 0.2) is 22.7 Å². The molecule has 0 bridgehead atoms. The largest absolute Gasteiger partial charge is 0.490 e. The van der Waals surface area contributed by atoms with Gasteiger partial charge in [-0.1, -0.05) is 15.9 Å². The molecule has 1 aromatic carbocycles. The molecule has 2 atom stereocenters. The van der Waals surface area contributed by atoms with E-state index in [1.807, 2.05) is 12.1 Å². The van der Waals surface area contributed by atoms with E-state index in [4.69, 9.17) is 14.2 Å². The average molecular weight is 341 g/mol. The summed E-state index contributed by atoms with van der Waals surface area (Å²) in [6.45, 7) is 2.12. The smallest absolute Gasteiger partial charge is 0.151 e. The lowest BCUT2D eigenvalue weighted by molar-refractivity contribution is -0.112. The van der Waals surface area contributed by atoms with Crippen LogP contribution in [0.2, 0.25) is 0 Å². The van der Waals surface area contributed by atoms with Crippen LogP contribution in [0.4, 0.5) is 0 Å². The Bertz CT molecular complexity index is 497. The highest BCUT2D eigenvalue weighted by molar-refractivity contribution is 9.10. The number of ether oxygens (including phenoxy) is 3. The van der Waals surface area contributed by atoms with Crippen molar-refractivity contribution in [1.82, 2.24) is 0 Å². The maximum Gasteiger partial charge on any atom is 0.151 e. The molecule has 0 aliphatic carbocycles. The first kappa shape index (κ1) is 14.0. The number of hydrogen-bond donors (Lipinski definition) is 0. The van der Waals surface area contributed by atoms with Crippen LogP contribution in [0, 0.1) is 0 Å². The maximum absolute atomic E-state index is 11.0. The second-order valence-corrected chi connectivity index (χ2v) is 6.22. The molecule has 0 N–H and O–H groups in total. The van der Waals surface area contributed by atoms with E-state index in [0.29, 0.717) is 18.8 Å². The molecule has 0 amide bonds. The Morgan fingerprint density at radius 3 is 3.05 bits per heavy atom. The minimum Gasteiger partial charge on any atom is -0.490 e. The van der Waals surface area contributed by atoms with Gasteiger partial charge in [-0.3, -0.25) is 4.79 Å². The maximum atomic E-state index is 11.0. The van der Waals surface area contributed by atoms with Crippen molar-refractivity contribution in [1.29, 1.82) is 0 Å². The Labute approximate surface area is 126 Å². The number of halogens is 1. The van der Waals surface area contributed by atoms with E-state index in [2.05, 4.69) is 15.9 Å². The number of carbonyl (C=O) groups is 1. The van der Waals surface area contributed by atoms with Gasteiger partial charge in [-0.15, -0.1) is 0 Å². The van der Waals surface area contributed by atoms with Crippen molar-refractivity contribution in [2.45, 2.75) is 31.0 Å². The first-order valence-corrected chi connectivity index (χ1v) is 7.63. The van der Waals surface area contributed by atoms with Crippen LogP contribution in [-0.4, -0.2) is 37.8 Å². The molecule has 2 unspecified atom stereocenters. The zero-order chi connectivity index (χ0) is 14.0. The molecule has 1 spiro atoms. The summed E-state index contributed by atoms with van der Waals surface area (Å²) in [5, 5.41) is 0. The van der Waals surface area contributed by atoms with Gasteiger partial charge in [0, 0.05) is 35.9 Å². The molecular weight excluding hydrogens is 324 g/mol. The van der Waals surface area contributed by atoms with Crippen molar-refractivity contribution in [3.63, 3.8) is 0 Å². The van der Waals surface area contributed by atoms with Gasteiger partial charge in [0.2, 0.25) is 0 Å². The predicted molar refractivity (Wildman–Crippen MR) is 77.3 cm³/mol. The molecule has 2 saturated heterocycles. The molecular formula is C15H17BrO4. The van der Waals surface area contributed by atoms with Gasteiger partial charge in [-0.2, -0.15) is 0 Å². The molecule has 1 aromatic rings. The fourth-order valence-corrected chi connectivity index (χ4v) is 3.16. The normalized spacial score (nSPS) is 29.6. The number of hydrogen-bond acceptors (Lipinski definition) is 4. The quantitative estimate of drug-likeness (QED) is 0.793. The standard InChI is InChI=1S/C15H17BrO4/c16-14-2-1-12(7-11(14)9-17)20-13-3-5-19-15(8-13)4-6-18-10-15/h1-2,7,9,13H,3-6,8,10H2. The van der Waals surface area contributed by atoms with Crippen LogP contribution >= 0.6 is 15.9 Å². The van der Waals surface area contributed by atoms with Gasteiger partial charge in [0.1, 0.15) is 11.9 Å². The molecule has 20 heavy (non-hydrogen) atoms. The second-order valence-electron chi connectivity index (χ2n) is 5.37. The summed E-state index contributed by atoms with van der Waals surface area (Å²) in [6, 6.07) is 5.49. The van der Waals surface area contributed by atoms with E-state index in [1.54, 1.807) is 6.07 Å². The van der Waals surface area contributed by atoms with E-state index < -0.39 is 0 Å². The van der Waals surface area contributed by atoms with Gasteiger partial charge in [0.05, 0.1) is 18.8 Å². The predicted octanol–water partition coefficient (Wildman–Crippen LogP) is 2.98. The highest BCUT2D eigenvalue weighted by Gasteiger charge is 2.41. The van der Waals surface area contributed by atoms with Crippen molar-refractivity contribution in [3.05, 3.63) is 28.2 Å². The third-order valence-electron chi connectivity index (χ3n) is 3.91. The van der Waals surface area contributed by atoms with E-state index in [1.165, 1.54) is 0 Å². The van der Waals surface area contributed by atoms with E-state index in [0.717, 1.165) is 42.4 Å². The molecule has 4 nitrogen and oxygen atoms in total. The van der Waals surface area contributed by atoms with Crippen LogP contribution in [0.5, 0.6) is 5.75 Å². The van der Waals surface area contributed by atoms with Gasteiger partial charge >= 0.3 is 0 Å². The molecule has 2 aliphatic heterocycles. The number of rotatable bonds is 3. The number of carbonyl (C=O) groups excluding carboxylic acids is 1. The molecule has 3 rings (SSSR count). The van der Waals surface area contributed by atoms with Crippen molar-refractivity contribution < 1.29 is 19.0 Å². The van der Waals surface area contributed by atoms with Gasteiger partial charge in [-0.25, -0.2) is 0 Å². The van der Waals surface area contributed by atoms with Crippen LogP contribution in [0.3, 0.4) is 0 Å². The monoisotopic (exact) mass is 340 g/mol. The van der Waals surface area contributed by atoms with Crippen LogP contribution < -0.4 is 4.74 Å². The Morgan fingerprint density at radius 2 is 2.30 bits per heavy atom. The summed E-state index contributed by atoms with van der Waals surface area (Å²) in [4.78, 5) is 11.0. The van der Waals surface area contributed by atoms with Gasteiger partial charge < -0.3 is 14.2 Å². The second kappa shape index (κ2) is 5.84. The van der Waals surface area contributed by atoms with Gasteiger partial charge in [0.15, 0.2) is 6.29 Å². The van der Waals surface area contributed by atoms with Crippen LogP contribution in [0.25, 0.3) is 0 Å². The fourth-order valence-electron chi connectivity index (χ4n) is 2.82. The SMILES string of the molecule is O=Cc1cc(OC2CCOC3(CCOC3)C2)ccc1Br. The van der Waals surface area contributed by atoms with E-state index in [9.17, 15) is 4.79 Å². The summed E-state index contributed by atoms with van der Waals surface area (Å²) >= 11 is 3.34. The van der Waals surface area contributed by atoms with E-state index >= 15 is 0 Å². The zero-order valence-electron chi connectivity index (χ0n) is 11.1. The fraction of sp³-hybridized carbons (Fsp3) is 0.533. The lowest BCUT2D eigenvalue weighted by atomic mass is 9.91. The number of aldehydes is 1. The molecule has 2 fully saturated rings. The summed E-state index contributed by atoms with van der Waals surface area (Å²) < 4.78 is 18.2. The average Bonchev–Trinajstić information content (AvgIpc) is 2.89. The van der Waals surface area contributed by atoms with Crippen molar-refractivity contribution in [2.24, 2.45) is 0 Å². The van der Waals surface area contributed by atoms with Crippen molar-refractivity contribution >= 4 is 22.2 Å². The summed E-state index contributed by atoms with van der Waals surface area (Å²) in [5.41, 5.74) is 0.444. The molecule has 0 aromatic heterocycles. The van der Waals surface area contributed by atoms with E-state index in [-0.39, 0.29) is 11.7 Å². The lowest BCUT2D eigenvalue weighted by Gasteiger charge is -2.37. The third kappa shape index (κ3) is 2.90. The van der Waals surface area contributed by atoms with Gasteiger partial charge in [0.25, 0.3) is 0 Å². The highest BCUT2D eigenvalue weighted by Crippen LogP contribution is 2.34. The number of benzene rings is 1. The zero-order valence-corrected chi connectivity index (χ0v) is 12.7. The third-order valence-corrected chi connectivity index (χ3v) is 4.63. The highest BCUT2D eigenvalue weighted by atomic mass is 79.9. The molecule has 0 saturated carbocycles. The van der Waals surface area contributed by atoms with Gasteiger partial charge in [-0.05, 0) is 18.2 Å². The molecule has 0 radical (unpaired) electrons. The Kier molecular flexibility index (Phi) is 4.10. The molecule has 5 heteroatoms. The van der Waals surface area contributed by atoms with Crippen LogP contribution in [0.1, 0.15) is 29.6 Å². The Hall–Kier alpha value is -0.910. The first-order valence-electron chi connectivity index (χ1n) is 6.84. The topological polar surface area (TPSA) is 44.8 Å². The molecule has 2 heterocycles. The first-order chi connectivity index (χ1) is 9.71. The summed E-state index contributed by atoms with van der Waals surface area (Å²) in [7, 11) is 0. The minimum atomic E-state index is -0.161.